The number of hydrogen-bond acceptors (Lipinski definition) is 5. The molecule has 0 unspecified atom stereocenters. The Morgan fingerprint density at radius 2 is 1.56 bits per heavy atom. The second kappa shape index (κ2) is 9.81. The molecule has 0 atom stereocenters. The molecule has 2 aromatic carbocycles. The molecular weight excluding hydrogens is 350 g/mol. The van der Waals surface area contributed by atoms with Crippen molar-refractivity contribution in [2.75, 3.05) is 20.3 Å². The molecule has 0 saturated carbocycles. The molecule has 0 aliphatic carbocycles. The van der Waals surface area contributed by atoms with Gasteiger partial charge in [0.05, 0.1) is 13.7 Å². The van der Waals surface area contributed by atoms with E-state index >= 15 is 0 Å². The van der Waals surface area contributed by atoms with Gasteiger partial charge in [0.1, 0.15) is 11.5 Å². The van der Waals surface area contributed by atoms with Crippen LogP contribution in [-0.4, -0.2) is 38.0 Å². The lowest BCUT2D eigenvalue weighted by Crippen LogP contribution is -2.33. The second-order valence-corrected chi connectivity index (χ2v) is 5.59. The Labute approximate surface area is 156 Å². The molecule has 0 aliphatic heterocycles. The number of carbonyl (C=O) groups excluding carboxylic acids is 3. The molecule has 8 nitrogen and oxygen atoms in total. The number of carbonyl (C=O) groups is 3. The van der Waals surface area contributed by atoms with E-state index in [1.165, 1.54) is 0 Å². The topological polar surface area (TPSA) is 120 Å². The van der Waals surface area contributed by atoms with Gasteiger partial charge in [-0.25, -0.2) is 0 Å². The Kier molecular flexibility index (Phi) is 7.18. The molecule has 8 heteroatoms. The quantitative estimate of drug-likeness (QED) is 0.596. The van der Waals surface area contributed by atoms with Crippen molar-refractivity contribution < 1.29 is 23.9 Å². The van der Waals surface area contributed by atoms with Crippen molar-refractivity contribution >= 4 is 17.7 Å². The molecule has 4 N–H and O–H groups in total. The SMILES string of the molecule is COc1ccc(OCC(=O)NCc2ccc(C(=O)NCC(N)=O)cc2)cc1. The first-order chi connectivity index (χ1) is 13.0. The highest BCUT2D eigenvalue weighted by atomic mass is 16.5. The van der Waals surface area contributed by atoms with Crippen LogP contribution in [0.3, 0.4) is 0 Å². The summed E-state index contributed by atoms with van der Waals surface area (Å²) in [6.45, 7) is -0.0290. The number of benzene rings is 2. The molecule has 2 aromatic rings. The third-order valence-electron chi connectivity index (χ3n) is 3.56. The minimum atomic E-state index is -0.612. The van der Waals surface area contributed by atoms with Crippen LogP contribution < -0.4 is 25.8 Å². The molecule has 0 radical (unpaired) electrons. The summed E-state index contributed by atoms with van der Waals surface area (Å²) in [5.74, 6) is 0.00162. The van der Waals surface area contributed by atoms with Gasteiger partial charge in [-0.05, 0) is 42.0 Å². The highest BCUT2D eigenvalue weighted by Crippen LogP contribution is 2.16. The van der Waals surface area contributed by atoms with E-state index < -0.39 is 11.8 Å². The molecular formula is C19H21N3O5. The Morgan fingerprint density at radius 3 is 2.15 bits per heavy atom. The lowest BCUT2D eigenvalue weighted by Gasteiger charge is -2.09. The zero-order valence-corrected chi connectivity index (χ0v) is 14.9. The summed E-state index contributed by atoms with van der Waals surface area (Å²) < 4.78 is 10.4. The molecule has 2 rings (SSSR count). The summed E-state index contributed by atoms with van der Waals surface area (Å²) in [7, 11) is 1.57. The van der Waals surface area contributed by atoms with Gasteiger partial charge in [-0.1, -0.05) is 12.1 Å². The van der Waals surface area contributed by atoms with Crippen LogP contribution in [0.5, 0.6) is 11.5 Å². The first kappa shape index (κ1) is 19.8. The summed E-state index contributed by atoms with van der Waals surface area (Å²) in [5, 5.41) is 5.13. The summed E-state index contributed by atoms with van der Waals surface area (Å²) in [6, 6.07) is 13.6. The van der Waals surface area contributed by atoms with Gasteiger partial charge in [-0.15, -0.1) is 0 Å². The fraction of sp³-hybridized carbons (Fsp3) is 0.211. The van der Waals surface area contributed by atoms with E-state index in [2.05, 4.69) is 10.6 Å². The minimum absolute atomic E-state index is 0.111. The molecule has 0 aliphatic rings. The highest BCUT2D eigenvalue weighted by Gasteiger charge is 2.07. The summed E-state index contributed by atoms with van der Waals surface area (Å²) >= 11 is 0. The molecule has 0 heterocycles. The number of methoxy groups -OCH3 is 1. The van der Waals surface area contributed by atoms with Gasteiger partial charge in [0.2, 0.25) is 5.91 Å². The number of nitrogens with one attached hydrogen (secondary N) is 2. The van der Waals surface area contributed by atoms with Crippen LogP contribution in [0.1, 0.15) is 15.9 Å². The standard InChI is InChI=1S/C19H21N3O5/c1-26-15-6-8-16(9-7-15)27-12-18(24)21-10-13-2-4-14(5-3-13)19(25)22-11-17(20)23/h2-9H,10-12H2,1H3,(H2,20,23)(H,21,24)(H,22,25). The van der Waals surface area contributed by atoms with E-state index in [0.29, 0.717) is 23.6 Å². The number of primary amides is 1. The van der Waals surface area contributed by atoms with E-state index in [1.54, 1.807) is 55.6 Å². The third kappa shape index (κ3) is 6.69. The maximum Gasteiger partial charge on any atom is 0.258 e. The number of rotatable bonds is 9. The van der Waals surface area contributed by atoms with E-state index in [9.17, 15) is 14.4 Å². The highest BCUT2D eigenvalue weighted by molar-refractivity contribution is 5.96. The zero-order valence-electron chi connectivity index (χ0n) is 14.9. The van der Waals surface area contributed by atoms with Crippen LogP contribution in [0.15, 0.2) is 48.5 Å². The normalized spacial score (nSPS) is 9.96. The van der Waals surface area contributed by atoms with Gasteiger partial charge in [0, 0.05) is 12.1 Å². The fourth-order valence-corrected chi connectivity index (χ4v) is 2.12. The predicted molar refractivity (Wildman–Crippen MR) is 98.3 cm³/mol. The minimum Gasteiger partial charge on any atom is -0.497 e. The number of ether oxygens (including phenoxy) is 2. The zero-order chi connectivity index (χ0) is 19.6. The predicted octanol–water partition coefficient (Wildman–Crippen LogP) is 0.606. The van der Waals surface area contributed by atoms with E-state index in [1.807, 2.05) is 0 Å². The number of hydrogen-bond donors (Lipinski definition) is 3. The van der Waals surface area contributed by atoms with Crippen LogP contribution in [0, 0.1) is 0 Å². The van der Waals surface area contributed by atoms with Crippen LogP contribution >= 0.6 is 0 Å². The van der Waals surface area contributed by atoms with Crippen molar-refractivity contribution in [1.29, 1.82) is 0 Å². The lowest BCUT2D eigenvalue weighted by molar-refractivity contribution is -0.123. The monoisotopic (exact) mass is 371 g/mol. The molecule has 0 aromatic heterocycles. The molecule has 0 saturated heterocycles. The molecule has 0 bridgehead atoms. The van der Waals surface area contributed by atoms with E-state index in [0.717, 1.165) is 5.56 Å². The Morgan fingerprint density at radius 1 is 0.926 bits per heavy atom. The van der Waals surface area contributed by atoms with Gasteiger partial charge in [0.25, 0.3) is 11.8 Å². The van der Waals surface area contributed by atoms with Crippen LogP contribution in [0.25, 0.3) is 0 Å². The molecule has 3 amide bonds. The van der Waals surface area contributed by atoms with Crippen molar-refractivity contribution in [3.05, 3.63) is 59.7 Å². The number of amides is 3. The summed E-state index contributed by atoms with van der Waals surface area (Å²) in [5.41, 5.74) is 6.19. The van der Waals surface area contributed by atoms with E-state index in [-0.39, 0.29) is 19.1 Å². The first-order valence-corrected chi connectivity index (χ1v) is 8.17. The van der Waals surface area contributed by atoms with Crippen molar-refractivity contribution in [2.24, 2.45) is 5.73 Å². The molecule has 0 spiro atoms. The molecule has 0 fully saturated rings. The van der Waals surface area contributed by atoms with Crippen LogP contribution in [0.2, 0.25) is 0 Å². The maximum atomic E-state index is 11.9. The summed E-state index contributed by atoms with van der Waals surface area (Å²) in [6.07, 6.45) is 0. The summed E-state index contributed by atoms with van der Waals surface area (Å²) in [4.78, 5) is 34.3. The van der Waals surface area contributed by atoms with Crippen molar-refractivity contribution in [3.8, 4) is 11.5 Å². The van der Waals surface area contributed by atoms with Crippen LogP contribution in [-0.2, 0) is 16.1 Å². The average molecular weight is 371 g/mol. The third-order valence-corrected chi connectivity index (χ3v) is 3.56. The smallest absolute Gasteiger partial charge is 0.258 e. The molecule has 27 heavy (non-hydrogen) atoms. The second-order valence-electron chi connectivity index (χ2n) is 5.59. The maximum absolute atomic E-state index is 11.9. The van der Waals surface area contributed by atoms with E-state index in [4.69, 9.17) is 15.2 Å². The van der Waals surface area contributed by atoms with Gasteiger partial charge < -0.3 is 25.8 Å². The Balaban J connectivity index is 1.75. The number of nitrogens with two attached hydrogens (primary N) is 1. The van der Waals surface area contributed by atoms with Gasteiger partial charge in [-0.2, -0.15) is 0 Å². The van der Waals surface area contributed by atoms with Crippen molar-refractivity contribution in [3.63, 3.8) is 0 Å². The fourth-order valence-electron chi connectivity index (χ4n) is 2.12. The van der Waals surface area contributed by atoms with Gasteiger partial charge in [-0.3, -0.25) is 14.4 Å². The first-order valence-electron chi connectivity index (χ1n) is 8.17. The molecule has 142 valence electrons. The Bertz CT molecular complexity index is 788. The van der Waals surface area contributed by atoms with Gasteiger partial charge in [0.15, 0.2) is 6.61 Å². The Hall–Kier alpha value is -3.55. The van der Waals surface area contributed by atoms with Crippen molar-refractivity contribution in [2.45, 2.75) is 6.54 Å². The van der Waals surface area contributed by atoms with Gasteiger partial charge >= 0.3 is 0 Å². The largest absolute Gasteiger partial charge is 0.497 e. The lowest BCUT2D eigenvalue weighted by atomic mass is 10.1. The average Bonchev–Trinajstić information content (AvgIpc) is 2.69. The van der Waals surface area contributed by atoms with Crippen LogP contribution in [0.4, 0.5) is 0 Å². The van der Waals surface area contributed by atoms with Crippen molar-refractivity contribution in [1.82, 2.24) is 10.6 Å².